The first-order chi connectivity index (χ1) is 9.88. The number of carbonyl (C=O) groups is 2. The molecule has 21 heavy (non-hydrogen) atoms. The Morgan fingerprint density at radius 3 is 2.52 bits per heavy atom. The number of carboxylic acids is 1. The van der Waals surface area contributed by atoms with E-state index in [9.17, 15) is 9.59 Å². The van der Waals surface area contributed by atoms with Gasteiger partial charge >= 0.3 is 12.0 Å². The minimum absolute atomic E-state index is 0.122. The van der Waals surface area contributed by atoms with E-state index in [0.717, 1.165) is 12.1 Å². The van der Waals surface area contributed by atoms with Crippen molar-refractivity contribution in [3.05, 3.63) is 29.3 Å². The van der Waals surface area contributed by atoms with Gasteiger partial charge in [0.15, 0.2) is 0 Å². The molecule has 1 aliphatic carbocycles. The summed E-state index contributed by atoms with van der Waals surface area (Å²) < 4.78 is 0. The number of nitrogens with one attached hydrogen (secondary N) is 1. The van der Waals surface area contributed by atoms with E-state index >= 15 is 0 Å². The molecule has 0 aliphatic heterocycles. The van der Waals surface area contributed by atoms with Crippen molar-refractivity contribution in [2.75, 3.05) is 11.9 Å². The van der Waals surface area contributed by atoms with E-state index in [-0.39, 0.29) is 17.6 Å². The van der Waals surface area contributed by atoms with Crippen molar-refractivity contribution in [1.82, 2.24) is 4.90 Å². The van der Waals surface area contributed by atoms with Gasteiger partial charge in [-0.3, -0.25) is 0 Å². The number of urea groups is 1. The SMILES string of the molecule is Cc1cc(C(=O)O)ccc1NC(=O)N(CC1CC1)C(C)C. The average Bonchev–Trinajstić information content (AvgIpc) is 3.21. The van der Waals surface area contributed by atoms with Crippen LogP contribution in [0.3, 0.4) is 0 Å². The Labute approximate surface area is 125 Å². The fraction of sp³-hybridized carbons (Fsp3) is 0.500. The number of nitrogens with zero attached hydrogens (tertiary/aromatic N) is 1. The van der Waals surface area contributed by atoms with Crippen molar-refractivity contribution < 1.29 is 14.7 Å². The van der Waals surface area contributed by atoms with Crippen molar-refractivity contribution in [3.63, 3.8) is 0 Å². The fourth-order valence-electron chi connectivity index (χ4n) is 2.23. The maximum atomic E-state index is 12.4. The van der Waals surface area contributed by atoms with E-state index in [4.69, 9.17) is 5.11 Å². The average molecular weight is 290 g/mol. The molecule has 0 unspecified atom stereocenters. The predicted molar refractivity (Wildman–Crippen MR) is 81.7 cm³/mol. The molecule has 1 fully saturated rings. The Bertz CT molecular complexity index is 550. The van der Waals surface area contributed by atoms with Crippen LogP contribution in [0.15, 0.2) is 18.2 Å². The number of rotatable bonds is 5. The molecule has 0 spiro atoms. The topological polar surface area (TPSA) is 69.6 Å². The lowest BCUT2D eigenvalue weighted by molar-refractivity contribution is 0.0697. The molecular formula is C16H22N2O3. The first kappa shape index (κ1) is 15.4. The standard InChI is InChI=1S/C16H22N2O3/c1-10(2)18(9-12-4-5-12)16(21)17-14-7-6-13(15(19)20)8-11(14)3/h6-8,10,12H,4-5,9H2,1-3H3,(H,17,21)(H,19,20). The summed E-state index contributed by atoms with van der Waals surface area (Å²) in [7, 11) is 0. The van der Waals surface area contributed by atoms with Crippen molar-refractivity contribution in [2.45, 2.75) is 39.7 Å². The monoisotopic (exact) mass is 290 g/mol. The number of carbonyl (C=O) groups excluding carboxylic acids is 1. The van der Waals surface area contributed by atoms with Gasteiger partial charge in [-0.1, -0.05) is 0 Å². The van der Waals surface area contributed by atoms with Crippen LogP contribution in [0.4, 0.5) is 10.5 Å². The van der Waals surface area contributed by atoms with Crippen LogP contribution in [0.25, 0.3) is 0 Å². The highest BCUT2D eigenvalue weighted by molar-refractivity contribution is 5.92. The van der Waals surface area contributed by atoms with Crippen molar-refractivity contribution in [2.24, 2.45) is 5.92 Å². The maximum absolute atomic E-state index is 12.4. The number of anilines is 1. The molecule has 0 atom stereocenters. The maximum Gasteiger partial charge on any atom is 0.335 e. The van der Waals surface area contributed by atoms with E-state index in [1.807, 2.05) is 18.7 Å². The molecule has 0 bridgehead atoms. The van der Waals surface area contributed by atoms with Gasteiger partial charge in [-0.05, 0) is 63.3 Å². The largest absolute Gasteiger partial charge is 0.478 e. The summed E-state index contributed by atoms with van der Waals surface area (Å²) in [6.07, 6.45) is 2.39. The molecule has 114 valence electrons. The summed E-state index contributed by atoms with van der Waals surface area (Å²) in [5.74, 6) is -0.331. The molecule has 1 aromatic rings. The summed E-state index contributed by atoms with van der Waals surface area (Å²) >= 11 is 0. The minimum Gasteiger partial charge on any atom is -0.478 e. The van der Waals surface area contributed by atoms with Crippen LogP contribution in [-0.4, -0.2) is 34.6 Å². The third-order valence-electron chi connectivity index (χ3n) is 3.75. The molecule has 2 rings (SSSR count). The molecule has 0 saturated heterocycles. The summed E-state index contributed by atoms with van der Waals surface area (Å²) in [5, 5.41) is 11.8. The molecule has 1 aromatic carbocycles. The summed E-state index contributed by atoms with van der Waals surface area (Å²) in [6.45, 7) is 6.59. The highest BCUT2D eigenvalue weighted by atomic mass is 16.4. The predicted octanol–water partition coefficient (Wildman–Crippen LogP) is 3.35. The van der Waals surface area contributed by atoms with Crippen LogP contribution in [0, 0.1) is 12.8 Å². The fourth-order valence-corrected chi connectivity index (χ4v) is 2.23. The van der Waals surface area contributed by atoms with E-state index in [1.165, 1.54) is 18.9 Å². The Hall–Kier alpha value is -2.04. The van der Waals surface area contributed by atoms with Gasteiger partial charge in [-0.15, -0.1) is 0 Å². The normalized spacial score (nSPS) is 14.1. The van der Waals surface area contributed by atoms with Gasteiger partial charge in [-0.2, -0.15) is 0 Å². The van der Waals surface area contributed by atoms with E-state index < -0.39 is 5.97 Å². The zero-order chi connectivity index (χ0) is 15.6. The first-order valence-corrected chi connectivity index (χ1v) is 7.30. The number of hydrogen-bond acceptors (Lipinski definition) is 2. The first-order valence-electron chi connectivity index (χ1n) is 7.30. The van der Waals surface area contributed by atoms with Crippen LogP contribution in [0.1, 0.15) is 42.6 Å². The van der Waals surface area contributed by atoms with Crippen LogP contribution in [-0.2, 0) is 0 Å². The quantitative estimate of drug-likeness (QED) is 0.873. The Kier molecular flexibility index (Phi) is 4.50. The van der Waals surface area contributed by atoms with Crippen LogP contribution in [0.5, 0.6) is 0 Å². The summed E-state index contributed by atoms with van der Waals surface area (Å²) in [6, 6.07) is 4.74. The van der Waals surface area contributed by atoms with E-state index in [1.54, 1.807) is 19.1 Å². The van der Waals surface area contributed by atoms with Crippen molar-refractivity contribution in [1.29, 1.82) is 0 Å². The number of amides is 2. The smallest absolute Gasteiger partial charge is 0.335 e. The number of carboxylic acid groups (broad SMARTS) is 1. The van der Waals surface area contributed by atoms with Gasteiger partial charge in [0, 0.05) is 18.3 Å². The lowest BCUT2D eigenvalue weighted by Gasteiger charge is -2.27. The molecule has 0 aromatic heterocycles. The molecule has 0 heterocycles. The van der Waals surface area contributed by atoms with Crippen LogP contribution >= 0.6 is 0 Å². The van der Waals surface area contributed by atoms with Gasteiger partial charge in [0.05, 0.1) is 5.56 Å². The zero-order valence-electron chi connectivity index (χ0n) is 12.7. The second-order valence-corrected chi connectivity index (χ2v) is 5.95. The molecule has 2 N–H and O–H groups in total. The second kappa shape index (κ2) is 6.16. The number of aryl methyl sites for hydroxylation is 1. The Balaban J connectivity index is 2.08. The van der Waals surface area contributed by atoms with E-state index in [0.29, 0.717) is 11.6 Å². The lowest BCUT2D eigenvalue weighted by Crippen LogP contribution is -2.41. The third kappa shape index (κ3) is 3.97. The molecule has 2 amide bonds. The molecular weight excluding hydrogens is 268 g/mol. The zero-order valence-corrected chi connectivity index (χ0v) is 12.7. The van der Waals surface area contributed by atoms with Gasteiger partial charge in [0.25, 0.3) is 0 Å². The number of hydrogen-bond donors (Lipinski definition) is 2. The molecule has 1 aliphatic rings. The van der Waals surface area contributed by atoms with Crippen LogP contribution in [0.2, 0.25) is 0 Å². The molecule has 5 nitrogen and oxygen atoms in total. The van der Waals surface area contributed by atoms with Crippen LogP contribution < -0.4 is 5.32 Å². The number of aromatic carboxylic acids is 1. The minimum atomic E-state index is -0.964. The highest BCUT2D eigenvalue weighted by Crippen LogP contribution is 2.30. The molecule has 0 radical (unpaired) electrons. The Morgan fingerprint density at radius 1 is 1.38 bits per heavy atom. The number of benzene rings is 1. The molecule has 5 heteroatoms. The lowest BCUT2D eigenvalue weighted by atomic mass is 10.1. The van der Waals surface area contributed by atoms with Gasteiger partial charge in [0.2, 0.25) is 0 Å². The van der Waals surface area contributed by atoms with Gasteiger partial charge < -0.3 is 15.3 Å². The summed E-state index contributed by atoms with van der Waals surface area (Å²) in [5.41, 5.74) is 1.63. The van der Waals surface area contributed by atoms with E-state index in [2.05, 4.69) is 5.32 Å². The third-order valence-corrected chi connectivity index (χ3v) is 3.75. The Morgan fingerprint density at radius 2 is 2.05 bits per heavy atom. The van der Waals surface area contributed by atoms with Crippen molar-refractivity contribution >= 4 is 17.7 Å². The summed E-state index contributed by atoms with van der Waals surface area (Å²) in [4.78, 5) is 25.1. The second-order valence-electron chi connectivity index (χ2n) is 5.95. The molecule has 1 saturated carbocycles. The van der Waals surface area contributed by atoms with Crippen molar-refractivity contribution in [3.8, 4) is 0 Å². The highest BCUT2D eigenvalue weighted by Gasteiger charge is 2.28. The van der Waals surface area contributed by atoms with Gasteiger partial charge in [0.1, 0.15) is 0 Å². The van der Waals surface area contributed by atoms with Gasteiger partial charge in [-0.25, -0.2) is 9.59 Å².